The van der Waals surface area contributed by atoms with Gasteiger partial charge in [0.15, 0.2) is 0 Å². The van der Waals surface area contributed by atoms with Crippen molar-refractivity contribution in [2.45, 2.75) is 13.1 Å². The second-order valence-electron chi connectivity index (χ2n) is 3.34. The van der Waals surface area contributed by atoms with E-state index < -0.39 is 0 Å². The highest BCUT2D eigenvalue weighted by Gasteiger charge is 2.20. The smallest absolute Gasteiger partial charge is 0.220 e. The number of allylic oxidation sites excluding steroid dienone is 2. The number of hydrogen-bond donors (Lipinski definition) is 2. The fraction of sp³-hybridized carbons (Fsp3) is 0.200. The van der Waals surface area contributed by atoms with E-state index in [0.29, 0.717) is 29.4 Å². The van der Waals surface area contributed by atoms with Crippen molar-refractivity contribution in [1.29, 1.82) is 0 Å². The molecule has 3 N–H and O–H groups in total. The van der Waals surface area contributed by atoms with Crippen LogP contribution in [0.15, 0.2) is 18.2 Å². The summed E-state index contributed by atoms with van der Waals surface area (Å²) >= 11 is 5.80. The summed E-state index contributed by atoms with van der Waals surface area (Å²) in [5.74, 6) is 0.242. The van der Waals surface area contributed by atoms with E-state index in [1.165, 1.54) is 0 Å². The number of fused-ring (bicyclic) bond motifs is 1. The van der Waals surface area contributed by atoms with E-state index in [1.54, 1.807) is 0 Å². The fourth-order valence-corrected chi connectivity index (χ4v) is 1.65. The Bertz CT molecular complexity index is 453. The molecule has 1 aromatic heterocycles. The summed E-state index contributed by atoms with van der Waals surface area (Å²) in [5.41, 5.74) is 8.83. The number of nitrogens with zero attached hydrogens (tertiary/aromatic N) is 2. The van der Waals surface area contributed by atoms with Gasteiger partial charge in [-0.25, -0.2) is 9.97 Å². The quantitative estimate of drug-likeness (QED) is 0.743. The zero-order chi connectivity index (χ0) is 11.0. The lowest BCUT2D eigenvalue weighted by Crippen LogP contribution is -2.04. The van der Waals surface area contributed by atoms with Crippen molar-refractivity contribution in [1.82, 2.24) is 15.3 Å². The van der Waals surface area contributed by atoms with Crippen molar-refractivity contribution < 1.29 is 0 Å². The van der Waals surface area contributed by atoms with Crippen LogP contribution in [0, 0.1) is 0 Å². The first kappa shape index (κ1) is 10.1. The number of hydrogen-bond acceptors (Lipinski definition) is 4. The molecule has 0 bridgehead atoms. The van der Waals surface area contributed by atoms with Crippen LogP contribution < -0.4 is 11.1 Å². The van der Waals surface area contributed by atoms with Gasteiger partial charge >= 0.3 is 0 Å². The summed E-state index contributed by atoms with van der Waals surface area (Å²) in [7, 11) is 0. The van der Waals surface area contributed by atoms with Gasteiger partial charge in [0.05, 0.1) is 11.4 Å². The Morgan fingerprint density at radius 2 is 2.07 bits per heavy atom. The van der Waals surface area contributed by atoms with E-state index in [0.717, 1.165) is 11.3 Å². The molecule has 1 aromatic rings. The number of rotatable bonds is 2. The third-order valence-electron chi connectivity index (χ3n) is 2.32. The molecular formula is C10H11ClN4. The summed E-state index contributed by atoms with van der Waals surface area (Å²) in [4.78, 5) is 8.29. The first-order valence-corrected chi connectivity index (χ1v) is 4.87. The molecule has 1 aliphatic rings. The van der Waals surface area contributed by atoms with Crippen LogP contribution in [0.4, 0.5) is 5.95 Å². The van der Waals surface area contributed by atoms with E-state index >= 15 is 0 Å². The molecule has 2 heterocycles. The summed E-state index contributed by atoms with van der Waals surface area (Å²) < 4.78 is 0. The highest BCUT2D eigenvalue weighted by Crippen LogP contribution is 2.28. The molecule has 1 aliphatic heterocycles. The van der Waals surface area contributed by atoms with E-state index in [1.807, 2.05) is 0 Å². The number of aromatic nitrogens is 2. The van der Waals surface area contributed by atoms with Gasteiger partial charge in [0.25, 0.3) is 0 Å². The monoisotopic (exact) mass is 222 g/mol. The number of nitrogen functional groups attached to an aromatic ring is 1. The summed E-state index contributed by atoms with van der Waals surface area (Å²) in [6.07, 6.45) is 0. The van der Waals surface area contributed by atoms with Crippen LogP contribution in [0.2, 0.25) is 0 Å². The van der Waals surface area contributed by atoms with Gasteiger partial charge in [-0.05, 0) is 0 Å². The van der Waals surface area contributed by atoms with Crippen LogP contribution in [0.3, 0.4) is 0 Å². The van der Waals surface area contributed by atoms with Crippen LogP contribution in [0.25, 0.3) is 5.57 Å². The maximum atomic E-state index is 5.80. The summed E-state index contributed by atoms with van der Waals surface area (Å²) in [6, 6.07) is 0. The molecule has 0 aliphatic carbocycles. The zero-order valence-electron chi connectivity index (χ0n) is 8.18. The van der Waals surface area contributed by atoms with Gasteiger partial charge in [-0.2, -0.15) is 0 Å². The Hall–Kier alpha value is -1.39. The molecule has 0 spiro atoms. The van der Waals surface area contributed by atoms with Crippen molar-refractivity contribution in [2.75, 3.05) is 5.73 Å². The van der Waals surface area contributed by atoms with Crippen molar-refractivity contribution in [3.8, 4) is 0 Å². The van der Waals surface area contributed by atoms with Crippen LogP contribution >= 0.6 is 11.6 Å². The summed E-state index contributed by atoms with van der Waals surface area (Å²) in [5, 5.41) is 3.55. The molecule has 15 heavy (non-hydrogen) atoms. The molecule has 4 nitrogen and oxygen atoms in total. The largest absolute Gasteiger partial charge is 0.368 e. The van der Waals surface area contributed by atoms with Gasteiger partial charge in [0.1, 0.15) is 0 Å². The van der Waals surface area contributed by atoms with Crippen LogP contribution in [-0.4, -0.2) is 9.97 Å². The Balaban J connectivity index is 2.56. The molecule has 0 radical (unpaired) electrons. The lowest BCUT2D eigenvalue weighted by atomic mass is 10.1. The second kappa shape index (κ2) is 3.64. The maximum Gasteiger partial charge on any atom is 0.220 e. The molecule has 2 rings (SSSR count). The SMILES string of the molecule is C=C(Cl)C(=C)c1nc(N)nc2c1CNC2. The maximum absolute atomic E-state index is 5.80. The molecule has 0 atom stereocenters. The van der Waals surface area contributed by atoms with Crippen molar-refractivity contribution >= 4 is 23.1 Å². The lowest BCUT2D eigenvalue weighted by molar-refractivity contribution is 0.757. The second-order valence-corrected chi connectivity index (χ2v) is 3.80. The van der Waals surface area contributed by atoms with Gasteiger partial charge < -0.3 is 11.1 Å². The topological polar surface area (TPSA) is 63.8 Å². The minimum atomic E-state index is 0.242. The third kappa shape index (κ3) is 1.73. The first-order chi connectivity index (χ1) is 7.09. The van der Waals surface area contributed by atoms with Crippen LogP contribution in [-0.2, 0) is 13.1 Å². The van der Waals surface area contributed by atoms with Gasteiger partial charge in [-0.3, -0.25) is 0 Å². The molecular weight excluding hydrogens is 212 g/mol. The van der Waals surface area contributed by atoms with Gasteiger partial charge in [0, 0.05) is 29.3 Å². The number of anilines is 1. The minimum absolute atomic E-state index is 0.242. The molecule has 78 valence electrons. The first-order valence-electron chi connectivity index (χ1n) is 4.49. The minimum Gasteiger partial charge on any atom is -0.368 e. The average molecular weight is 223 g/mol. The van der Waals surface area contributed by atoms with Gasteiger partial charge in [0.2, 0.25) is 5.95 Å². The molecule has 0 saturated carbocycles. The Morgan fingerprint density at radius 1 is 1.33 bits per heavy atom. The van der Waals surface area contributed by atoms with Crippen LogP contribution in [0.5, 0.6) is 0 Å². The van der Waals surface area contributed by atoms with E-state index in [4.69, 9.17) is 17.3 Å². The van der Waals surface area contributed by atoms with Gasteiger partial charge in [-0.1, -0.05) is 24.8 Å². The van der Waals surface area contributed by atoms with E-state index in [2.05, 4.69) is 28.4 Å². The highest BCUT2D eigenvalue weighted by atomic mass is 35.5. The zero-order valence-corrected chi connectivity index (χ0v) is 8.93. The van der Waals surface area contributed by atoms with Crippen molar-refractivity contribution in [3.63, 3.8) is 0 Å². The summed E-state index contributed by atoms with van der Waals surface area (Å²) in [6.45, 7) is 8.89. The molecule has 0 unspecified atom stereocenters. The standard InChI is InChI=1S/C10H11ClN4/c1-5(6(2)11)9-7-3-13-4-8(7)14-10(12)15-9/h13H,1-4H2,(H2,12,14,15). The van der Waals surface area contributed by atoms with Crippen molar-refractivity contribution in [2.24, 2.45) is 0 Å². The van der Waals surface area contributed by atoms with E-state index in [-0.39, 0.29) is 5.95 Å². The van der Waals surface area contributed by atoms with Gasteiger partial charge in [-0.15, -0.1) is 0 Å². The number of halogens is 1. The van der Waals surface area contributed by atoms with Crippen LogP contribution in [0.1, 0.15) is 17.0 Å². The Labute approximate surface area is 92.9 Å². The fourth-order valence-electron chi connectivity index (χ4n) is 1.57. The number of nitrogens with two attached hydrogens (primary N) is 1. The molecule has 0 amide bonds. The average Bonchev–Trinajstić information content (AvgIpc) is 2.62. The predicted molar refractivity (Wildman–Crippen MR) is 61.0 cm³/mol. The normalized spacial score (nSPS) is 13.7. The Morgan fingerprint density at radius 3 is 2.73 bits per heavy atom. The third-order valence-corrected chi connectivity index (χ3v) is 2.55. The predicted octanol–water partition coefficient (Wildman–Crippen LogP) is 1.43. The molecule has 0 fully saturated rings. The molecule has 5 heteroatoms. The van der Waals surface area contributed by atoms with Crippen molar-refractivity contribution in [3.05, 3.63) is 35.1 Å². The molecule has 0 aromatic carbocycles. The Kier molecular flexibility index (Phi) is 2.46. The highest BCUT2D eigenvalue weighted by molar-refractivity contribution is 6.36. The number of nitrogens with one attached hydrogen (secondary N) is 1. The van der Waals surface area contributed by atoms with E-state index in [9.17, 15) is 0 Å². The lowest BCUT2D eigenvalue weighted by Gasteiger charge is -2.08. The molecule has 0 saturated heterocycles.